The minimum atomic E-state index is 0.648. The van der Waals surface area contributed by atoms with Gasteiger partial charge in [-0.25, -0.2) is 0 Å². The number of hydrogen-bond donors (Lipinski definition) is 1. The quantitative estimate of drug-likeness (QED) is 0.898. The molecule has 2 aliphatic rings. The molecule has 3 rings (SSSR count). The van der Waals surface area contributed by atoms with Crippen molar-refractivity contribution in [3.8, 4) is 0 Å². The van der Waals surface area contributed by atoms with Crippen LogP contribution in [0.1, 0.15) is 57.1 Å². The van der Waals surface area contributed by atoms with Crippen LogP contribution in [0, 0.1) is 0 Å². The molecule has 2 heterocycles. The van der Waals surface area contributed by atoms with Gasteiger partial charge in [0.1, 0.15) is 0 Å². The van der Waals surface area contributed by atoms with Gasteiger partial charge in [-0.05, 0) is 57.7 Å². The molecule has 20 heavy (non-hydrogen) atoms. The fraction of sp³-hybridized carbons (Fsp3) is 0.667. The van der Waals surface area contributed by atoms with E-state index in [0.717, 1.165) is 6.04 Å². The van der Waals surface area contributed by atoms with Crippen LogP contribution < -0.4 is 5.32 Å². The van der Waals surface area contributed by atoms with E-state index in [-0.39, 0.29) is 0 Å². The van der Waals surface area contributed by atoms with Crippen LogP contribution >= 0.6 is 0 Å². The average Bonchev–Trinajstić information content (AvgIpc) is 2.99. The summed E-state index contributed by atoms with van der Waals surface area (Å²) in [6.45, 7) is 4.92. The fourth-order valence-electron chi connectivity index (χ4n) is 4.02. The second kappa shape index (κ2) is 6.73. The maximum Gasteiger partial charge on any atom is 0.0351 e. The van der Waals surface area contributed by atoms with Crippen LogP contribution in [-0.4, -0.2) is 30.1 Å². The molecule has 2 saturated heterocycles. The Kier molecular flexibility index (Phi) is 4.74. The molecule has 1 aromatic carbocycles. The number of hydrogen-bond acceptors (Lipinski definition) is 2. The van der Waals surface area contributed by atoms with E-state index in [0.29, 0.717) is 12.1 Å². The van der Waals surface area contributed by atoms with Gasteiger partial charge in [-0.15, -0.1) is 0 Å². The number of likely N-dealkylation sites (tertiary alicyclic amines) is 1. The lowest BCUT2D eigenvalue weighted by Gasteiger charge is -2.34. The second-order valence-corrected chi connectivity index (χ2v) is 6.54. The van der Waals surface area contributed by atoms with E-state index in [1.165, 1.54) is 57.2 Å². The van der Waals surface area contributed by atoms with Crippen molar-refractivity contribution >= 4 is 0 Å². The summed E-state index contributed by atoms with van der Waals surface area (Å²) in [7, 11) is 0. The van der Waals surface area contributed by atoms with Crippen LogP contribution in [0.25, 0.3) is 0 Å². The van der Waals surface area contributed by atoms with Crippen molar-refractivity contribution < 1.29 is 0 Å². The summed E-state index contributed by atoms with van der Waals surface area (Å²) in [6.07, 6.45) is 8.12. The van der Waals surface area contributed by atoms with Crippen molar-refractivity contribution in [2.24, 2.45) is 0 Å². The zero-order chi connectivity index (χ0) is 13.8. The van der Waals surface area contributed by atoms with Crippen molar-refractivity contribution in [2.45, 2.75) is 63.6 Å². The van der Waals surface area contributed by atoms with E-state index >= 15 is 0 Å². The predicted molar refractivity (Wildman–Crippen MR) is 84.8 cm³/mol. The summed E-state index contributed by atoms with van der Waals surface area (Å²) in [5, 5.41) is 3.70. The first kappa shape index (κ1) is 14.1. The number of benzene rings is 1. The van der Waals surface area contributed by atoms with Crippen LogP contribution in [0.5, 0.6) is 0 Å². The first-order valence-corrected chi connectivity index (χ1v) is 8.38. The third-order valence-electron chi connectivity index (χ3n) is 5.08. The minimum absolute atomic E-state index is 0.648. The number of piperidine rings is 1. The van der Waals surface area contributed by atoms with E-state index in [1.54, 1.807) is 0 Å². The lowest BCUT2D eigenvalue weighted by molar-refractivity contribution is 0.165. The number of nitrogens with one attached hydrogen (secondary N) is 1. The molecule has 3 atom stereocenters. The van der Waals surface area contributed by atoms with Gasteiger partial charge in [0.05, 0.1) is 0 Å². The molecule has 0 amide bonds. The second-order valence-electron chi connectivity index (χ2n) is 6.54. The van der Waals surface area contributed by atoms with Crippen LogP contribution in [0.4, 0.5) is 0 Å². The summed E-state index contributed by atoms with van der Waals surface area (Å²) < 4.78 is 0. The largest absolute Gasteiger partial charge is 0.314 e. The molecule has 0 aliphatic carbocycles. The van der Waals surface area contributed by atoms with Crippen molar-refractivity contribution in [1.29, 1.82) is 0 Å². The van der Waals surface area contributed by atoms with Crippen LogP contribution in [0.2, 0.25) is 0 Å². The van der Waals surface area contributed by atoms with E-state index < -0.39 is 0 Å². The Morgan fingerprint density at radius 3 is 2.75 bits per heavy atom. The maximum atomic E-state index is 3.70. The van der Waals surface area contributed by atoms with Gasteiger partial charge in [-0.1, -0.05) is 36.8 Å². The van der Waals surface area contributed by atoms with Gasteiger partial charge in [0.2, 0.25) is 0 Å². The normalized spacial score (nSPS) is 29.4. The van der Waals surface area contributed by atoms with E-state index in [9.17, 15) is 0 Å². The summed E-state index contributed by atoms with van der Waals surface area (Å²) in [4.78, 5) is 2.74. The molecule has 0 radical (unpaired) electrons. The molecule has 2 heteroatoms. The van der Waals surface area contributed by atoms with Gasteiger partial charge in [0, 0.05) is 18.1 Å². The Hall–Kier alpha value is -0.860. The molecule has 2 fully saturated rings. The Morgan fingerprint density at radius 1 is 1.15 bits per heavy atom. The molecule has 2 nitrogen and oxygen atoms in total. The van der Waals surface area contributed by atoms with Gasteiger partial charge in [0.15, 0.2) is 0 Å². The highest BCUT2D eigenvalue weighted by Gasteiger charge is 2.30. The molecule has 0 spiro atoms. The third kappa shape index (κ3) is 3.24. The molecule has 3 unspecified atom stereocenters. The van der Waals surface area contributed by atoms with Crippen LogP contribution in [0.3, 0.4) is 0 Å². The topological polar surface area (TPSA) is 15.3 Å². The van der Waals surface area contributed by atoms with Crippen molar-refractivity contribution in [3.63, 3.8) is 0 Å². The summed E-state index contributed by atoms with van der Waals surface area (Å²) in [5.74, 6) is 0. The monoisotopic (exact) mass is 272 g/mol. The fourth-order valence-corrected chi connectivity index (χ4v) is 4.02. The molecule has 1 aromatic rings. The van der Waals surface area contributed by atoms with Gasteiger partial charge in [-0.2, -0.15) is 0 Å². The lowest BCUT2D eigenvalue weighted by Crippen LogP contribution is -2.41. The van der Waals surface area contributed by atoms with Gasteiger partial charge >= 0.3 is 0 Å². The molecule has 0 saturated carbocycles. The molecule has 110 valence electrons. The van der Waals surface area contributed by atoms with E-state index in [4.69, 9.17) is 0 Å². The Morgan fingerprint density at radius 2 is 2.00 bits per heavy atom. The molecule has 2 aliphatic heterocycles. The van der Waals surface area contributed by atoms with Gasteiger partial charge < -0.3 is 5.32 Å². The summed E-state index contributed by atoms with van der Waals surface area (Å²) in [6, 6.07) is 13.2. The standard InChI is InChI=1S/C18H28N2/c1-15(14-17-10-5-6-12-19-17)20-13-7-11-18(20)16-8-3-2-4-9-16/h2-4,8-9,15,17-19H,5-7,10-14H2,1H3. The minimum Gasteiger partial charge on any atom is -0.314 e. The molecule has 0 aromatic heterocycles. The zero-order valence-corrected chi connectivity index (χ0v) is 12.7. The Balaban J connectivity index is 1.62. The number of rotatable bonds is 4. The highest BCUT2D eigenvalue weighted by atomic mass is 15.2. The van der Waals surface area contributed by atoms with Crippen LogP contribution in [-0.2, 0) is 0 Å². The summed E-state index contributed by atoms with van der Waals surface area (Å²) >= 11 is 0. The SMILES string of the molecule is CC(CC1CCCCN1)N1CCCC1c1ccccc1. The van der Waals surface area contributed by atoms with E-state index in [1.807, 2.05) is 0 Å². The van der Waals surface area contributed by atoms with E-state index in [2.05, 4.69) is 47.5 Å². The molecular weight excluding hydrogens is 244 g/mol. The first-order chi connectivity index (χ1) is 9.84. The average molecular weight is 272 g/mol. The molecular formula is C18H28N2. The predicted octanol–water partition coefficient (Wildman–Crippen LogP) is 3.74. The highest BCUT2D eigenvalue weighted by Crippen LogP contribution is 2.34. The van der Waals surface area contributed by atoms with Gasteiger partial charge in [-0.3, -0.25) is 4.90 Å². The highest BCUT2D eigenvalue weighted by molar-refractivity contribution is 5.20. The third-order valence-corrected chi connectivity index (χ3v) is 5.08. The van der Waals surface area contributed by atoms with Crippen molar-refractivity contribution in [1.82, 2.24) is 10.2 Å². The van der Waals surface area contributed by atoms with Crippen molar-refractivity contribution in [2.75, 3.05) is 13.1 Å². The molecule has 0 bridgehead atoms. The zero-order valence-electron chi connectivity index (χ0n) is 12.7. The number of nitrogens with zero attached hydrogens (tertiary/aromatic N) is 1. The van der Waals surface area contributed by atoms with Crippen molar-refractivity contribution in [3.05, 3.63) is 35.9 Å². The van der Waals surface area contributed by atoms with Gasteiger partial charge in [0.25, 0.3) is 0 Å². The molecule has 1 N–H and O–H groups in total. The lowest BCUT2D eigenvalue weighted by atomic mass is 9.96. The maximum absolute atomic E-state index is 3.70. The first-order valence-electron chi connectivity index (χ1n) is 8.38. The Labute approximate surface area is 123 Å². The smallest absolute Gasteiger partial charge is 0.0351 e. The summed E-state index contributed by atoms with van der Waals surface area (Å²) in [5.41, 5.74) is 1.51. The Bertz CT molecular complexity index is 397. The van der Waals surface area contributed by atoms with Crippen LogP contribution in [0.15, 0.2) is 30.3 Å².